The van der Waals surface area contributed by atoms with Crippen LogP contribution in [0.5, 0.6) is 0 Å². The predicted molar refractivity (Wildman–Crippen MR) is 132 cm³/mol. The summed E-state index contributed by atoms with van der Waals surface area (Å²) in [7, 11) is 0. The molecule has 32 heavy (non-hydrogen) atoms. The van der Waals surface area contributed by atoms with Crippen molar-refractivity contribution in [3.05, 3.63) is 33.6 Å². The van der Waals surface area contributed by atoms with Crippen LogP contribution in [0.4, 0.5) is 0 Å². The quantitative estimate of drug-likeness (QED) is 0.307. The molecular weight excluding hydrogens is 446 g/mol. The van der Waals surface area contributed by atoms with Crippen LogP contribution in [-0.4, -0.2) is 51.4 Å². The number of fused-ring (bicyclic) bond motifs is 1. The molecule has 1 aliphatic rings. The summed E-state index contributed by atoms with van der Waals surface area (Å²) in [5.41, 5.74) is 0.443. The Morgan fingerprint density at radius 3 is 2.59 bits per heavy atom. The van der Waals surface area contributed by atoms with E-state index in [9.17, 15) is 9.59 Å². The summed E-state index contributed by atoms with van der Waals surface area (Å²) < 4.78 is 7.32. The van der Waals surface area contributed by atoms with Gasteiger partial charge in [-0.2, -0.15) is 0 Å². The number of carbonyl (C=O) groups is 1. The van der Waals surface area contributed by atoms with Crippen molar-refractivity contribution in [3.63, 3.8) is 0 Å². The summed E-state index contributed by atoms with van der Waals surface area (Å²) in [5, 5.41) is 1.27. The normalized spacial score (nSPS) is 20.2. The smallest absolute Gasteiger partial charge is 0.262 e. The number of carbonyl (C=O) groups excluding carboxylic acids is 1. The second-order valence-electron chi connectivity index (χ2n) is 9.24. The van der Waals surface area contributed by atoms with Gasteiger partial charge in [0.15, 0.2) is 5.16 Å². The molecule has 1 amide bonds. The third-order valence-electron chi connectivity index (χ3n) is 5.67. The molecule has 1 aromatic carbocycles. The Balaban J connectivity index is 1.86. The van der Waals surface area contributed by atoms with E-state index in [1.807, 2.05) is 25.7 Å². The van der Waals surface area contributed by atoms with Crippen molar-refractivity contribution in [3.8, 4) is 0 Å². The van der Waals surface area contributed by atoms with Crippen LogP contribution in [-0.2, 0) is 16.1 Å². The molecule has 0 N–H and O–H groups in total. The molecule has 0 aliphatic carbocycles. The van der Waals surface area contributed by atoms with E-state index in [4.69, 9.17) is 21.3 Å². The molecule has 1 aliphatic heterocycles. The largest absolute Gasteiger partial charge is 0.379 e. The predicted octanol–water partition coefficient (Wildman–Crippen LogP) is 4.85. The third kappa shape index (κ3) is 6.27. The van der Waals surface area contributed by atoms with Crippen molar-refractivity contribution < 1.29 is 9.53 Å². The van der Waals surface area contributed by atoms with Gasteiger partial charge in [0.2, 0.25) is 5.91 Å². The van der Waals surface area contributed by atoms with Crippen LogP contribution in [0.1, 0.15) is 47.5 Å². The Hall–Kier alpha value is -1.57. The van der Waals surface area contributed by atoms with Crippen molar-refractivity contribution >= 4 is 40.2 Å². The van der Waals surface area contributed by atoms with Gasteiger partial charge in [-0.15, -0.1) is 0 Å². The highest BCUT2D eigenvalue weighted by atomic mass is 35.5. The number of hydrogen-bond acceptors (Lipinski definition) is 5. The summed E-state index contributed by atoms with van der Waals surface area (Å²) >= 11 is 7.50. The maximum Gasteiger partial charge on any atom is 0.262 e. The fraction of sp³-hybridized carbons (Fsp3) is 0.625. The molecule has 1 fully saturated rings. The molecule has 0 saturated carbocycles. The Morgan fingerprint density at radius 1 is 1.25 bits per heavy atom. The highest BCUT2D eigenvalue weighted by Crippen LogP contribution is 2.28. The third-order valence-corrected chi connectivity index (χ3v) is 6.98. The lowest BCUT2D eigenvalue weighted by Gasteiger charge is -2.36. The highest BCUT2D eigenvalue weighted by Gasteiger charge is 2.29. The lowest BCUT2D eigenvalue weighted by atomic mass is 9.92. The molecule has 8 heteroatoms. The van der Waals surface area contributed by atoms with Crippen molar-refractivity contribution in [2.75, 3.05) is 19.7 Å². The molecule has 1 aromatic heterocycles. The van der Waals surface area contributed by atoms with Crippen LogP contribution >= 0.6 is 23.4 Å². The zero-order valence-corrected chi connectivity index (χ0v) is 21.2. The van der Waals surface area contributed by atoms with Gasteiger partial charge in [0, 0.05) is 31.3 Å². The first-order valence-corrected chi connectivity index (χ1v) is 12.7. The van der Waals surface area contributed by atoms with Gasteiger partial charge in [-0.25, -0.2) is 4.98 Å². The zero-order valence-electron chi connectivity index (χ0n) is 19.6. The molecule has 2 aromatic rings. The van der Waals surface area contributed by atoms with Crippen LogP contribution in [0, 0.1) is 11.8 Å². The number of nitrogens with zero attached hydrogens (tertiary/aromatic N) is 3. The Kier molecular flexibility index (Phi) is 8.64. The van der Waals surface area contributed by atoms with E-state index in [0.29, 0.717) is 52.5 Å². The van der Waals surface area contributed by atoms with E-state index in [1.54, 1.807) is 22.8 Å². The van der Waals surface area contributed by atoms with Crippen LogP contribution in [0.2, 0.25) is 5.02 Å². The van der Waals surface area contributed by atoms with E-state index in [2.05, 4.69) is 13.8 Å². The molecule has 2 heterocycles. The molecule has 6 nitrogen and oxygen atoms in total. The van der Waals surface area contributed by atoms with Crippen molar-refractivity contribution in [1.29, 1.82) is 0 Å². The second kappa shape index (κ2) is 11.0. The summed E-state index contributed by atoms with van der Waals surface area (Å²) in [4.78, 5) is 33.2. The monoisotopic (exact) mass is 479 g/mol. The minimum absolute atomic E-state index is 0.100. The molecular formula is C24H34ClN3O3S. The fourth-order valence-electron chi connectivity index (χ4n) is 4.31. The van der Waals surface area contributed by atoms with Gasteiger partial charge >= 0.3 is 0 Å². The molecule has 176 valence electrons. The number of benzene rings is 1. The van der Waals surface area contributed by atoms with Gasteiger partial charge in [-0.3, -0.25) is 14.2 Å². The topological polar surface area (TPSA) is 64.4 Å². The summed E-state index contributed by atoms with van der Waals surface area (Å²) in [6.45, 7) is 12.9. The van der Waals surface area contributed by atoms with E-state index in [0.717, 1.165) is 19.5 Å². The summed E-state index contributed by atoms with van der Waals surface area (Å²) in [5.74, 6) is 1.10. The van der Waals surface area contributed by atoms with Gasteiger partial charge in [-0.1, -0.05) is 37.2 Å². The van der Waals surface area contributed by atoms with Gasteiger partial charge < -0.3 is 9.64 Å². The number of hydrogen-bond donors (Lipinski definition) is 0. The van der Waals surface area contributed by atoms with Crippen molar-refractivity contribution in [1.82, 2.24) is 14.5 Å². The number of halogens is 1. The molecule has 1 saturated heterocycles. The van der Waals surface area contributed by atoms with Crippen LogP contribution < -0.4 is 5.56 Å². The molecule has 0 bridgehead atoms. The molecule has 3 unspecified atom stereocenters. The number of aromatic nitrogens is 2. The van der Waals surface area contributed by atoms with Gasteiger partial charge in [0.25, 0.3) is 5.56 Å². The number of amides is 1. The second-order valence-corrected chi connectivity index (χ2v) is 11.0. The van der Waals surface area contributed by atoms with Gasteiger partial charge in [-0.05, 0) is 63.6 Å². The number of rotatable bonds is 8. The lowest BCUT2D eigenvalue weighted by molar-refractivity contribution is -0.132. The Morgan fingerprint density at radius 2 is 1.94 bits per heavy atom. The average Bonchev–Trinajstić information content (AvgIpc) is 2.71. The minimum Gasteiger partial charge on any atom is -0.379 e. The molecule has 3 rings (SSSR count). The highest BCUT2D eigenvalue weighted by molar-refractivity contribution is 8.00. The Labute approximate surface area is 199 Å². The summed E-state index contributed by atoms with van der Waals surface area (Å²) in [6, 6.07) is 5.12. The lowest BCUT2D eigenvalue weighted by Crippen LogP contribution is -2.45. The first-order valence-electron chi connectivity index (χ1n) is 11.4. The minimum atomic E-state index is -0.339. The standard InChI is InChI=1S/C24H34ClN3O3S/c1-15(2)31-10-6-9-28-23(30)20-8-7-19(25)12-21(20)26-24(28)32-18(5)22(29)27-13-16(3)11-17(4)14-27/h7-8,12,15-18H,6,9-11,13-14H2,1-5H3. The first-order chi connectivity index (χ1) is 15.2. The zero-order chi connectivity index (χ0) is 23.4. The van der Waals surface area contributed by atoms with E-state index in [1.165, 1.54) is 11.8 Å². The summed E-state index contributed by atoms with van der Waals surface area (Å²) in [6.07, 6.45) is 1.98. The van der Waals surface area contributed by atoms with Crippen LogP contribution in [0.25, 0.3) is 10.9 Å². The average molecular weight is 480 g/mol. The maximum absolute atomic E-state index is 13.3. The van der Waals surface area contributed by atoms with Crippen LogP contribution in [0.15, 0.2) is 28.2 Å². The van der Waals surface area contributed by atoms with Crippen LogP contribution in [0.3, 0.4) is 0 Å². The van der Waals surface area contributed by atoms with Crippen molar-refractivity contribution in [2.24, 2.45) is 11.8 Å². The molecule has 0 spiro atoms. The van der Waals surface area contributed by atoms with Gasteiger partial charge in [0.1, 0.15) is 0 Å². The van der Waals surface area contributed by atoms with Gasteiger partial charge in [0.05, 0.1) is 22.3 Å². The number of likely N-dealkylation sites (tertiary alicyclic amines) is 1. The SMILES string of the molecule is CC1CC(C)CN(C(=O)C(C)Sc2nc3cc(Cl)ccc3c(=O)n2CCCOC(C)C)C1. The fourth-order valence-corrected chi connectivity index (χ4v) is 5.50. The van der Waals surface area contributed by atoms with E-state index >= 15 is 0 Å². The Bertz CT molecular complexity index is 1000. The number of piperidine rings is 1. The van der Waals surface area contributed by atoms with E-state index in [-0.39, 0.29) is 22.8 Å². The van der Waals surface area contributed by atoms with E-state index < -0.39 is 0 Å². The molecule has 3 atom stereocenters. The molecule has 0 radical (unpaired) electrons. The van der Waals surface area contributed by atoms with Crippen molar-refractivity contribution in [2.45, 2.75) is 70.5 Å². The number of ether oxygens (including phenoxy) is 1. The first kappa shape index (κ1) is 25.1. The number of thioether (sulfide) groups is 1. The maximum atomic E-state index is 13.3.